The molecule has 1 aliphatic rings. The molecular formula is C19H16Cl2F2N4O3S. The zero-order valence-corrected chi connectivity index (χ0v) is 18.2. The smallest absolute Gasteiger partial charge is 0.295 e. The van der Waals surface area contributed by atoms with Crippen LogP contribution in [0.15, 0.2) is 41.3 Å². The molecule has 7 nitrogen and oxygen atoms in total. The predicted molar refractivity (Wildman–Crippen MR) is 112 cm³/mol. The largest absolute Gasteiger partial charge is 0.337 e. The molecule has 31 heavy (non-hydrogen) atoms. The average Bonchev–Trinajstić information content (AvgIpc) is 3.19. The molecule has 0 bridgehead atoms. The van der Waals surface area contributed by atoms with Gasteiger partial charge in [0.25, 0.3) is 12.3 Å². The molecule has 0 saturated carbocycles. The van der Waals surface area contributed by atoms with Crippen molar-refractivity contribution < 1.29 is 22.0 Å². The summed E-state index contributed by atoms with van der Waals surface area (Å²) in [7, 11) is -3.87. The van der Waals surface area contributed by atoms with Gasteiger partial charge >= 0.3 is 0 Å². The molecule has 2 aromatic carbocycles. The number of halogens is 4. The maximum atomic E-state index is 12.9. The van der Waals surface area contributed by atoms with E-state index in [2.05, 4.69) is 9.97 Å². The number of aromatic nitrogens is 2. The van der Waals surface area contributed by atoms with Crippen molar-refractivity contribution in [3.05, 3.63) is 57.8 Å². The third-order valence-electron chi connectivity index (χ3n) is 4.99. The summed E-state index contributed by atoms with van der Waals surface area (Å²) >= 11 is 12.0. The summed E-state index contributed by atoms with van der Waals surface area (Å²) in [6, 6.07) is 8.68. The lowest BCUT2D eigenvalue weighted by atomic mass is 10.1. The SMILES string of the molecule is O=C(c1ccc2nc(C(F)F)[nH]c2c1)N1CCN(S(=O)(=O)c2cc(Cl)ccc2Cl)CC1. The quantitative estimate of drug-likeness (QED) is 0.602. The number of carbonyl (C=O) groups excluding carboxylic acids is 1. The van der Waals surface area contributed by atoms with Crippen LogP contribution in [0.4, 0.5) is 8.78 Å². The van der Waals surface area contributed by atoms with Crippen molar-refractivity contribution in [2.24, 2.45) is 0 Å². The molecule has 0 unspecified atom stereocenters. The second kappa shape index (κ2) is 8.34. The lowest BCUT2D eigenvalue weighted by molar-refractivity contribution is 0.0698. The first kappa shape index (κ1) is 21.9. The summed E-state index contributed by atoms with van der Waals surface area (Å²) in [6.45, 7) is 0.497. The average molecular weight is 489 g/mol. The van der Waals surface area contributed by atoms with Crippen molar-refractivity contribution in [3.63, 3.8) is 0 Å². The van der Waals surface area contributed by atoms with E-state index in [1.807, 2.05) is 0 Å². The molecule has 1 aromatic heterocycles. The van der Waals surface area contributed by atoms with Crippen LogP contribution < -0.4 is 0 Å². The second-order valence-electron chi connectivity index (χ2n) is 6.93. The van der Waals surface area contributed by atoms with Crippen LogP contribution in [-0.2, 0) is 10.0 Å². The molecule has 12 heteroatoms. The van der Waals surface area contributed by atoms with Crippen LogP contribution >= 0.6 is 23.2 Å². The molecular weight excluding hydrogens is 473 g/mol. The van der Waals surface area contributed by atoms with E-state index in [1.54, 1.807) is 0 Å². The number of carbonyl (C=O) groups is 1. The fourth-order valence-electron chi connectivity index (χ4n) is 3.39. The van der Waals surface area contributed by atoms with Crippen LogP contribution in [0.3, 0.4) is 0 Å². The van der Waals surface area contributed by atoms with E-state index in [0.29, 0.717) is 16.6 Å². The van der Waals surface area contributed by atoms with Gasteiger partial charge in [-0.25, -0.2) is 22.2 Å². The van der Waals surface area contributed by atoms with E-state index in [0.717, 1.165) is 0 Å². The number of fused-ring (bicyclic) bond motifs is 1. The van der Waals surface area contributed by atoms with E-state index in [4.69, 9.17) is 23.2 Å². The Hall–Kier alpha value is -2.27. The van der Waals surface area contributed by atoms with Crippen LogP contribution in [-0.4, -0.2) is 59.7 Å². The first-order valence-electron chi connectivity index (χ1n) is 9.19. The monoisotopic (exact) mass is 488 g/mol. The normalized spacial score (nSPS) is 15.7. The van der Waals surface area contributed by atoms with Crippen LogP contribution in [0.5, 0.6) is 0 Å². The number of hydrogen-bond acceptors (Lipinski definition) is 4. The molecule has 4 rings (SSSR count). The van der Waals surface area contributed by atoms with Crippen LogP contribution in [0.25, 0.3) is 11.0 Å². The third-order valence-corrected chi connectivity index (χ3v) is 7.61. The minimum Gasteiger partial charge on any atom is -0.337 e. The summed E-state index contributed by atoms with van der Waals surface area (Å²) in [5.41, 5.74) is 0.963. The molecule has 1 aliphatic heterocycles. The van der Waals surface area contributed by atoms with Crippen LogP contribution in [0.1, 0.15) is 22.6 Å². The maximum Gasteiger partial charge on any atom is 0.295 e. The summed E-state index contributed by atoms with van der Waals surface area (Å²) in [4.78, 5) is 20.6. The van der Waals surface area contributed by atoms with Gasteiger partial charge in [-0.1, -0.05) is 23.2 Å². The number of hydrogen-bond donors (Lipinski definition) is 1. The Balaban J connectivity index is 1.49. The number of H-pyrrole nitrogens is 1. The number of alkyl halides is 2. The van der Waals surface area contributed by atoms with Crippen LogP contribution in [0.2, 0.25) is 10.0 Å². The fourth-order valence-corrected chi connectivity index (χ4v) is 5.55. The first-order chi connectivity index (χ1) is 14.7. The van der Waals surface area contributed by atoms with Gasteiger partial charge in [0.15, 0.2) is 5.82 Å². The Morgan fingerprint density at radius 3 is 2.45 bits per heavy atom. The Morgan fingerprint density at radius 1 is 1.06 bits per heavy atom. The summed E-state index contributed by atoms with van der Waals surface area (Å²) < 4.78 is 52.7. The van der Waals surface area contributed by atoms with Gasteiger partial charge in [0.1, 0.15) is 4.90 Å². The number of rotatable bonds is 4. The Morgan fingerprint density at radius 2 is 1.77 bits per heavy atom. The lowest BCUT2D eigenvalue weighted by Crippen LogP contribution is -2.50. The molecule has 1 saturated heterocycles. The molecule has 2 heterocycles. The van der Waals surface area contributed by atoms with Gasteiger partial charge in [-0.05, 0) is 36.4 Å². The number of nitrogens with one attached hydrogen (secondary N) is 1. The Labute approximate surface area is 186 Å². The van der Waals surface area contributed by atoms with Crippen molar-refractivity contribution >= 4 is 50.2 Å². The highest BCUT2D eigenvalue weighted by Crippen LogP contribution is 2.28. The zero-order valence-electron chi connectivity index (χ0n) is 15.9. The van der Waals surface area contributed by atoms with Gasteiger partial charge in [0.05, 0.1) is 16.1 Å². The molecule has 0 aliphatic carbocycles. The van der Waals surface area contributed by atoms with E-state index >= 15 is 0 Å². The van der Waals surface area contributed by atoms with Gasteiger partial charge in [-0.2, -0.15) is 4.31 Å². The van der Waals surface area contributed by atoms with E-state index in [9.17, 15) is 22.0 Å². The van der Waals surface area contributed by atoms with Crippen molar-refractivity contribution in [3.8, 4) is 0 Å². The minimum atomic E-state index is -3.87. The number of benzene rings is 2. The standard InChI is InChI=1S/C19H16Cl2F2N4O3S/c20-12-2-3-13(21)16(10-12)31(29,30)27-7-5-26(6-8-27)19(28)11-1-4-14-15(9-11)25-18(24-14)17(22)23/h1-4,9-10,17H,5-8H2,(H,24,25). The number of imidazole rings is 1. The number of sulfonamides is 1. The number of piperazine rings is 1. The highest BCUT2D eigenvalue weighted by Gasteiger charge is 2.32. The number of amides is 1. The van der Waals surface area contributed by atoms with Crippen molar-refractivity contribution in [2.45, 2.75) is 11.3 Å². The summed E-state index contributed by atoms with van der Waals surface area (Å²) in [6.07, 6.45) is -2.74. The second-order valence-corrected chi connectivity index (χ2v) is 9.68. The van der Waals surface area contributed by atoms with E-state index < -0.39 is 22.3 Å². The zero-order chi connectivity index (χ0) is 22.3. The van der Waals surface area contributed by atoms with E-state index in [-0.39, 0.29) is 47.0 Å². The van der Waals surface area contributed by atoms with Crippen LogP contribution in [0, 0.1) is 0 Å². The highest BCUT2D eigenvalue weighted by molar-refractivity contribution is 7.89. The molecule has 164 valence electrons. The number of nitrogens with zero attached hydrogens (tertiary/aromatic N) is 3. The maximum absolute atomic E-state index is 12.9. The van der Waals surface area contributed by atoms with Gasteiger partial charge < -0.3 is 9.88 Å². The molecule has 1 N–H and O–H groups in total. The fraction of sp³-hybridized carbons (Fsp3) is 0.263. The van der Waals surface area contributed by atoms with Crippen molar-refractivity contribution in [1.82, 2.24) is 19.2 Å². The van der Waals surface area contributed by atoms with Gasteiger partial charge in [0.2, 0.25) is 10.0 Å². The van der Waals surface area contributed by atoms with Crippen molar-refractivity contribution in [2.75, 3.05) is 26.2 Å². The predicted octanol–water partition coefficient (Wildman–Crippen LogP) is 3.95. The lowest BCUT2D eigenvalue weighted by Gasteiger charge is -2.34. The van der Waals surface area contributed by atoms with Gasteiger partial charge in [-0.15, -0.1) is 0 Å². The summed E-state index contributed by atoms with van der Waals surface area (Å²) in [5, 5.41) is 0.319. The topological polar surface area (TPSA) is 86.4 Å². The third kappa shape index (κ3) is 4.25. The molecule has 0 atom stereocenters. The van der Waals surface area contributed by atoms with Crippen molar-refractivity contribution in [1.29, 1.82) is 0 Å². The Kier molecular flexibility index (Phi) is 5.91. The number of aromatic amines is 1. The van der Waals surface area contributed by atoms with E-state index in [1.165, 1.54) is 45.6 Å². The Bertz CT molecular complexity index is 1260. The summed E-state index contributed by atoms with van der Waals surface area (Å²) in [5.74, 6) is -0.786. The van der Waals surface area contributed by atoms with Gasteiger partial charge in [-0.3, -0.25) is 4.79 Å². The minimum absolute atomic E-state index is 0.0685. The highest BCUT2D eigenvalue weighted by atomic mass is 35.5. The van der Waals surface area contributed by atoms with Gasteiger partial charge in [0, 0.05) is 36.8 Å². The molecule has 3 aromatic rings. The molecule has 1 fully saturated rings. The molecule has 0 radical (unpaired) electrons. The molecule has 0 spiro atoms. The first-order valence-corrected chi connectivity index (χ1v) is 11.4. The molecule has 1 amide bonds.